The molecule has 0 unspecified atom stereocenters. The first-order chi connectivity index (χ1) is 9.21. The van der Waals surface area contributed by atoms with Crippen LogP contribution in [0.25, 0.3) is 0 Å². The molecule has 2 N–H and O–H groups in total. The largest absolute Gasteiger partial charge is 0.382 e. The first-order valence-electron chi connectivity index (χ1n) is 8.00. The number of nitrogens with zero attached hydrogens (tertiary/aromatic N) is 2. The zero-order valence-corrected chi connectivity index (χ0v) is 11.7. The van der Waals surface area contributed by atoms with Crippen molar-refractivity contribution in [2.75, 3.05) is 5.73 Å². The van der Waals surface area contributed by atoms with E-state index in [2.05, 4.69) is 5.10 Å². The van der Waals surface area contributed by atoms with Gasteiger partial charge in [-0.1, -0.05) is 0 Å². The number of rotatable bonds is 4. The number of hydrogen-bond donors (Lipinski definition) is 1. The highest BCUT2D eigenvalue weighted by Crippen LogP contribution is 2.61. The van der Waals surface area contributed by atoms with Crippen molar-refractivity contribution in [1.82, 2.24) is 9.78 Å². The Bertz CT molecular complexity index is 427. The van der Waals surface area contributed by atoms with Crippen molar-refractivity contribution in [2.45, 2.75) is 57.9 Å². The Morgan fingerprint density at radius 3 is 2.32 bits per heavy atom. The molecule has 1 heterocycles. The van der Waals surface area contributed by atoms with E-state index in [1.165, 1.54) is 32.1 Å². The monoisotopic (exact) mass is 259 g/mol. The number of aryl methyl sites for hydroxylation is 1. The molecule has 4 aliphatic carbocycles. The Morgan fingerprint density at radius 2 is 1.79 bits per heavy atom. The second-order valence-corrected chi connectivity index (χ2v) is 7.52. The van der Waals surface area contributed by atoms with Crippen LogP contribution in [0.2, 0.25) is 0 Å². The zero-order valence-electron chi connectivity index (χ0n) is 11.7. The third-order valence-corrected chi connectivity index (χ3v) is 5.92. The molecular formula is C16H25N3. The summed E-state index contributed by atoms with van der Waals surface area (Å²) in [4.78, 5) is 0. The fourth-order valence-electron chi connectivity index (χ4n) is 5.71. The molecule has 3 nitrogen and oxygen atoms in total. The van der Waals surface area contributed by atoms with E-state index in [-0.39, 0.29) is 0 Å². The minimum atomic E-state index is 0.648. The van der Waals surface area contributed by atoms with Gasteiger partial charge in [0.2, 0.25) is 0 Å². The van der Waals surface area contributed by atoms with E-state index in [4.69, 9.17) is 5.73 Å². The van der Waals surface area contributed by atoms with Crippen LogP contribution in [-0.2, 0) is 6.54 Å². The van der Waals surface area contributed by atoms with Gasteiger partial charge in [-0.25, -0.2) is 0 Å². The first-order valence-corrected chi connectivity index (χ1v) is 8.00. The summed E-state index contributed by atoms with van der Waals surface area (Å²) < 4.78 is 2.01. The molecule has 0 saturated heterocycles. The summed E-state index contributed by atoms with van der Waals surface area (Å²) in [5.74, 6) is 3.87. The van der Waals surface area contributed by atoms with Gasteiger partial charge in [-0.15, -0.1) is 0 Å². The standard InChI is InChI=1S/C16H25N3/c17-15-2-5-19(18-15)4-1-3-16-9-12-6-13(10-16)8-14(7-12)11-16/h2,5,12-14H,1,3-4,6-11H2,(H2,17,18). The topological polar surface area (TPSA) is 43.8 Å². The lowest BCUT2D eigenvalue weighted by Crippen LogP contribution is -2.46. The molecule has 0 aliphatic heterocycles. The van der Waals surface area contributed by atoms with Crippen molar-refractivity contribution in [2.24, 2.45) is 23.2 Å². The first kappa shape index (κ1) is 11.8. The molecule has 1 aromatic heterocycles. The molecule has 4 saturated carbocycles. The highest BCUT2D eigenvalue weighted by molar-refractivity contribution is 5.23. The molecule has 104 valence electrons. The second-order valence-electron chi connectivity index (χ2n) is 7.52. The molecule has 5 rings (SSSR count). The lowest BCUT2D eigenvalue weighted by molar-refractivity contribution is -0.0586. The number of nitrogens with two attached hydrogens (primary N) is 1. The number of anilines is 1. The van der Waals surface area contributed by atoms with E-state index >= 15 is 0 Å². The molecule has 3 heteroatoms. The Labute approximate surface area is 115 Å². The van der Waals surface area contributed by atoms with Crippen LogP contribution in [0.1, 0.15) is 51.4 Å². The number of nitrogen functional groups attached to an aromatic ring is 1. The Kier molecular flexibility index (Phi) is 2.64. The summed E-state index contributed by atoms with van der Waals surface area (Å²) in [6.07, 6.45) is 13.9. The molecule has 0 atom stereocenters. The molecule has 0 radical (unpaired) electrons. The normalized spacial score (nSPS) is 39.9. The van der Waals surface area contributed by atoms with E-state index < -0.39 is 0 Å². The predicted octanol–water partition coefficient (Wildman–Crippen LogP) is 3.46. The number of aromatic nitrogens is 2. The van der Waals surface area contributed by atoms with Gasteiger partial charge in [0, 0.05) is 12.7 Å². The van der Waals surface area contributed by atoms with Gasteiger partial charge in [0.15, 0.2) is 0 Å². The maximum atomic E-state index is 5.66. The Balaban J connectivity index is 1.37. The summed E-state index contributed by atoms with van der Waals surface area (Å²) in [5.41, 5.74) is 6.38. The van der Waals surface area contributed by atoms with E-state index in [1.807, 2.05) is 16.9 Å². The smallest absolute Gasteiger partial charge is 0.145 e. The Hall–Kier alpha value is -0.990. The minimum absolute atomic E-state index is 0.648. The predicted molar refractivity (Wildman–Crippen MR) is 76.5 cm³/mol. The molecule has 0 amide bonds. The summed E-state index contributed by atoms with van der Waals surface area (Å²) >= 11 is 0. The van der Waals surface area contributed by atoms with Gasteiger partial charge in [0.1, 0.15) is 5.82 Å². The van der Waals surface area contributed by atoms with Gasteiger partial charge in [-0.3, -0.25) is 4.68 Å². The maximum absolute atomic E-state index is 5.66. The van der Waals surface area contributed by atoms with Gasteiger partial charge in [0.25, 0.3) is 0 Å². The molecule has 4 bridgehead atoms. The summed E-state index contributed by atoms with van der Waals surface area (Å²) in [5, 5.41) is 4.29. The van der Waals surface area contributed by atoms with Crippen molar-refractivity contribution in [1.29, 1.82) is 0 Å². The van der Waals surface area contributed by atoms with Crippen LogP contribution in [0.3, 0.4) is 0 Å². The summed E-state index contributed by atoms with van der Waals surface area (Å²) in [6.45, 7) is 1.04. The quantitative estimate of drug-likeness (QED) is 0.900. The minimum Gasteiger partial charge on any atom is -0.382 e. The summed E-state index contributed by atoms with van der Waals surface area (Å²) in [7, 11) is 0. The van der Waals surface area contributed by atoms with Gasteiger partial charge in [0.05, 0.1) is 0 Å². The van der Waals surface area contributed by atoms with E-state index in [9.17, 15) is 0 Å². The van der Waals surface area contributed by atoms with Crippen molar-refractivity contribution in [3.8, 4) is 0 Å². The van der Waals surface area contributed by atoms with Crippen LogP contribution in [0.5, 0.6) is 0 Å². The SMILES string of the molecule is Nc1ccn(CCCC23CC4CC(CC(C4)C2)C3)n1. The van der Waals surface area contributed by atoms with Crippen LogP contribution in [0, 0.1) is 23.2 Å². The second kappa shape index (κ2) is 4.26. The third-order valence-electron chi connectivity index (χ3n) is 5.92. The lowest BCUT2D eigenvalue weighted by Gasteiger charge is -2.57. The molecule has 19 heavy (non-hydrogen) atoms. The third kappa shape index (κ3) is 2.17. The van der Waals surface area contributed by atoms with Crippen molar-refractivity contribution in [3.05, 3.63) is 12.3 Å². The fraction of sp³-hybridized carbons (Fsp3) is 0.812. The van der Waals surface area contributed by atoms with Crippen LogP contribution < -0.4 is 5.73 Å². The van der Waals surface area contributed by atoms with Gasteiger partial charge < -0.3 is 5.73 Å². The molecule has 0 spiro atoms. The highest BCUT2D eigenvalue weighted by Gasteiger charge is 2.50. The van der Waals surface area contributed by atoms with Crippen LogP contribution in [0.15, 0.2) is 12.3 Å². The average Bonchev–Trinajstić information content (AvgIpc) is 2.73. The van der Waals surface area contributed by atoms with Crippen molar-refractivity contribution in [3.63, 3.8) is 0 Å². The number of hydrogen-bond acceptors (Lipinski definition) is 2. The van der Waals surface area contributed by atoms with Gasteiger partial charge in [-0.05, 0) is 80.6 Å². The van der Waals surface area contributed by atoms with Crippen molar-refractivity contribution >= 4 is 5.82 Å². The Morgan fingerprint density at radius 1 is 1.16 bits per heavy atom. The van der Waals surface area contributed by atoms with Crippen molar-refractivity contribution < 1.29 is 0 Å². The fourth-order valence-corrected chi connectivity index (χ4v) is 5.71. The van der Waals surface area contributed by atoms with E-state index in [1.54, 1.807) is 19.3 Å². The van der Waals surface area contributed by atoms with Crippen LogP contribution >= 0.6 is 0 Å². The molecular weight excluding hydrogens is 234 g/mol. The zero-order chi connectivity index (χ0) is 12.9. The highest BCUT2D eigenvalue weighted by atomic mass is 15.3. The van der Waals surface area contributed by atoms with E-state index in [0.717, 1.165) is 24.3 Å². The molecule has 1 aromatic rings. The van der Waals surface area contributed by atoms with Gasteiger partial charge in [-0.2, -0.15) is 5.10 Å². The molecule has 4 fully saturated rings. The van der Waals surface area contributed by atoms with E-state index in [0.29, 0.717) is 11.2 Å². The molecule has 4 aliphatic rings. The van der Waals surface area contributed by atoms with Gasteiger partial charge >= 0.3 is 0 Å². The van der Waals surface area contributed by atoms with Crippen LogP contribution in [0.4, 0.5) is 5.82 Å². The lowest BCUT2D eigenvalue weighted by atomic mass is 9.48. The maximum Gasteiger partial charge on any atom is 0.145 e. The average molecular weight is 259 g/mol. The van der Waals surface area contributed by atoms with Crippen LogP contribution in [-0.4, -0.2) is 9.78 Å². The summed E-state index contributed by atoms with van der Waals surface area (Å²) in [6, 6.07) is 1.89. The molecule has 0 aromatic carbocycles.